The molecule has 0 aliphatic carbocycles. The van der Waals surface area contributed by atoms with Gasteiger partial charge in [-0.15, -0.1) is 0 Å². The van der Waals surface area contributed by atoms with Gasteiger partial charge in [0, 0.05) is 48.1 Å². The monoisotopic (exact) mass is 550 g/mol. The minimum Gasteiger partial charge on any atom is -0.383 e. The van der Waals surface area contributed by atoms with Gasteiger partial charge in [-0.1, -0.05) is 24.3 Å². The lowest BCUT2D eigenvalue weighted by molar-refractivity contribution is -0.122. The van der Waals surface area contributed by atoms with E-state index >= 15 is 0 Å². The minimum absolute atomic E-state index is 0.0410. The second-order valence-corrected chi connectivity index (χ2v) is 9.78. The van der Waals surface area contributed by atoms with E-state index in [0.29, 0.717) is 67.5 Å². The number of nitrogens with zero attached hydrogens (tertiary/aromatic N) is 5. The lowest BCUT2D eigenvalue weighted by Gasteiger charge is -2.14. The van der Waals surface area contributed by atoms with Gasteiger partial charge in [0.1, 0.15) is 17.3 Å². The summed E-state index contributed by atoms with van der Waals surface area (Å²) in [5.41, 5.74) is 10.4. The topological polar surface area (TPSA) is 161 Å². The summed E-state index contributed by atoms with van der Waals surface area (Å²) in [5.74, 6) is 0.258. The first kappa shape index (κ1) is 27.5. The number of nitrogens with one attached hydrogen (secondary N) is 2. The summed E-state index contributed by atoms with van der Waals surface area (Å²) in [6.45, 7) is 3.41. The van der Waals surface area contributed by atoms with Crippen LogP contribution in [0, 0.1) is 11.3 Å². The highest BCUT2D eigenvalue weighted by atomic mass is 16.5. The summed E-state index contributed by atoms with van der Waals surface area (Å²) < 4.78 is 7.51. The van der Waals surface area contributed by atoms with E-state index in [1.165, 1.54) is 12.3 Å². The number of carbonyl (C=O) groups is 2. The predicted molar refractivity (Wildman–Crippen MR) is 156 cm³/mol. The van der Waals surface area contributed by atoms with E-state index in [4.69, 9.17) is 20.8 Å². The molecule has 2 amide bonds. The number of amides is 2. The van der Waals surface area contributed by atoms with Gasteiger partial charge >= 0.3 is 0 Å². The number of hydrogen-bond donors (Lipinski definition) is 3. The van der Waals surface area contributed by atoms with Crippen molar-refractivity contribution in [1.82, 2.24) is 25.1 Å². The van der Waals surface area contributed by atoms with Gasteiger partial charge in [0.05, 0.1) is 35.7 Å². The Hall–Kier alpha value is -5.08. The van der Waals surface area contributed by atoms with Crippen LogP contribution in [0.4, 0.5) is 11.6 Å². The number of ether oxygens (including phenoxy) is 1. The quantitative estimate of drug-likeness (QED) is 0.346. The fourth-order valence-corrected chi connectivity index (χ4v) is 4.65. The van der Waals surface area contributed by atoms with Crippen LogP contribution in [0.25, 0.3) is 28.2 Å². The maximum absolute atomic E-state index is 12.8. The van der Waals surface area contributed by atoms with Crippen molar-refractivity contribution in [3.8, 4) is 17.3 Å². The van der Waals surface area contributed by atoms with Crippen molar-refractivity contribution in [2.75, 3.05) is 24.3 Å². The fourth-order valence-electron chi connectivity index (χ4n) is 4.65. The number of aryl methyl sites for hydroxylation is 1. The zero-order valence-electron chi connectivity index (χ0n) is 22.6. The summed E-state index contributed by atoms with van der Waals surface area (Å²) in [5, 5.41) is 20.5. The molecule has 11 nitrogen and oxygen atoms in total. The van der Waals surface area contributed by atoms with Gasteiger partial charge in [-0.25, -0.2) is 9.97 Å². The largest absolute Gasteiger partial charge is 0.383 e. The molecular weight excluding hydrogens is 520 g/mol. The van der Waals surface area contributed by atoms with Crippen LogP contribution < -0.4 is 16.4 Å². The van der Waals surface area contributed by atoms with Crippen LogP contribution >= 0.6 is 0 Å². The Labute approximate surface area is 237 Å². The van der Waals surface area contributed by atoms with E-state index in [-0.39, 0.29) is 17.9 Å². The molecule has 1 aliphatic heterocycles. The molecule has 0 spiro atoms. The third-order valence-corrected chi connectivity index (χ3v) is 6.76. The predicted octanol–water partition coefficient (Wildman–Crippen LogP) is 3.92. The van der Waals surface area contributed by atoms with Crippen molar-refractivity contribution in [2.45, 2.75) is 38.8 Å². The van der Waals surface area contributed by atoms with Crippen LogP contribution in [-0.4, -0.2) is 50.8 Å². The zero-order valence-corrected chi connectivity index (χ0v) is 22.6. The average molecular weight is 551 g/mol. The summed E-state index contributed by atoms with van der Waals surface area (Å²) in [7, 11) is 0. The zero-order chi connectivity index (χ0) is 28.8. The first-order chi connectivity index (χ1) is 19.9. The number of nitrogens with two attached hydrogens (primary N) is 1. The lowest BCUT2D eigenvalue weighted by atomic mass is 10.0. The molecule has 0 saturated heterocycles. The molecule has 0 radical (unpaired) electrons. The van der Waals surface area contributed by atoms with E-state index < -0.39 is 0 Å². The van der Waals surface area contributed by atoms with E-state index in [9.17, 15) is 9.59 Å². The maximum Gasteiger partial charge on any atom is 0.256 e. The molecule has 1 aromatic carbocycles. The molecule has 0 saturated carbocycles. The van der Waals surface area contributed by atoms with Crippen LogP contribution in [-0.2, 0) is 16.1 Å². The van der Waals surface area contributed by atoms with Gasteiger partial charge in [0.15, 0.2) is 0 Å². The molecule has 4 aromatic rings. The number of carbonyl (C=O) groups excluding carboxylic acids is 2. The van der Waals surface area contributed by atoms with Crippen molar-refractivity contribution < 1.29 is 14.3 Å². The SMILES string of the molecule is C[C@@H]1CCn2nc(-c3ccc(C(=O)Nc4cc(C#N)ccn4)cc3)c3c(N)ncc(c32)/C=C/CCOCCC(=O)N1. The van der Waals surface area contributed by atoms with Crippen LogP contribution in [0.5, 0.6) is 0 Å². The highest BCUT2D eigenvalue weighted by Crippen LogP contribution is 2.34. The standard InChI is InChI=1S/C30H30N8O3/c1-19-10-13-38-28-23(4-2-3-14-41-15-11-25(39)35-19)18-34-29(32)26(28)27(37-38)21-5-7-22(8-6-21)30(40)36-24-16-20(17-31)9-12-33-24/h2,4-9,12,16,18-19H,3,10-11,13-15H2,1H3,(H2,32,34)(H,35,39)(H,33,36,40)/b4-2+/t19-/m1/s1. The Morgan fingerprint density at radius 3 is 2.85 bits per heavy atom. The lowest BCUT2D eigenvalue weighted by Crippen LogP contribution is -2.34. The van der Waals surface area contributed by atoms with Crippen molar-refractivity contribution >= 4 is 40.4 Å². The van der Waals surface area contributed by atoms with Gasteiger partial charge in [-0.3, -0.25) is 14.3 Å². The molecule has 208 valence electrons. The van der Waals surface area contributed by atoms with Gasteiger partial charge in [-0.2, -0.15) is 10.4 Å². The molecule has 3 aromatic heterocycles. The van der Waals surface area contributed by atoms with E-state index in [2.05, 4.69) is 20.6 Å². The Bertz CT molecular complexity index is 1650. The smallest absolute Gasteiger partial charge is 0.256 e. The Kier molecular flexibility index (Phi) is 8.31. The Balaban J connectivity index is 1.48. The number of pyridine rings is 2. The summed E-state index contributed by atoms with van der Waals surface area (Å²) in [6, 6.07) is 12.1. The third kappa shape index (κ3) is 6.40. The highest BCUT2D eigenvalue weighted by Gasteiger charge is 2.20. The molecular formula is C30H30N8O3. The maximum atomic E-state index is 12.8. The van der Waals surface area contributed by atoms with E-state index in [1.807, 2.05) is 42.0 Å². The Morgan fingerprint density at radius 2 is 2.05 bits per heavy atom. The molecule has 4 N–H and O–H groups in total. The number of benzene rings is 1. The Morgan fingerprint density at radius 1 is 1.22 bits per heavy atom. The minimum atomic E-state index is -0.351. The van der Waals surface area contributed by atoms with Crippen molar-refractivity contribution in [2.24, 2.45) is 0 Å². The van der Waals surface area contributed by atoms with Crippen molar-refractivity contribution in [3.63, 3.8) is 0 Å². The first-order valence-corrected chi connectivity index (χ1v) is 13.4. The number of aromatic nitrogens is 4. The number of anilines is 2. The molecule has 5 rings (SSSR count). The van der Waals surface area contributed by atoms with Gasteiger partial charge < -0.3 is 21.1 Å². The molecule has 0 fully saturated rings. The van der Waals surface area contributed by atoms with Crippen LogP contribution in [0.3, 0.4) is 0 Å². The number of hydrogen-bond acceptors (Lipinski definition) is 8. The van der Waals surface area contributed by atoms with E-state index in [0.717, 1.165) is 22.0 Å². The molecule has 41 heavy (non-hydrogen) atoms. The average Bonchev–Trinajstić information content (AvgIpc) is 3.37. The second-order valence-electron chi connectivity index (χ2n) is 9.78. The van der Waals surface area contributed by atoms with Crippen molar-refractivity contribution in [1.29, 1.82) is 5.26 Å². The highest BCUT2D eigenvalue weighted by molar-refractivity contribution is 6.06. The summed E-state index contributed by atoms with van der Waals surface area (Å²) in [6.07, 6.45) is 8.89. The molecule has 11 heteroatoms. The second kappa shape index (κ2) is 12.4. The number of nitrogen functional groups attached to an aromatic ring is 1. The molecule has 4 heterocycles. The van der Waals surface area contributed by atoms with Crippen molar-refractivity contribution in [3.05, 3.63) is 71.6 Å². The fraction of sp³-hybridized carbons (Fsp3) is 0.267. The summed E-state index contributed by atoms with van der Waals surface area (Å²) in [4.78, 5) is 33.6. The molecule has 0 unspecified atom stereocenters. The summed E-state index contributed by atoms with van der Waals surface area (Å²) >= 11 is 0. The third-order valence-electron chi connectivity index (χ3n) is 6.76. The molecule has 1 atom stereocenters. The van der Waals surface area contributed by atoms with Crippen LogP contribution in [0.1, 0.15) is 47.7 Å². The normalized spacial score (nSPS) is 17.1. The van der Waals surface area contributed by atoms with Crippen LogP contribution in [0.2, 0.25) is 0 Å². The number of nitriles is 1. The van der Waals surface area contributed by atoms with Gasteiger partial charge in [0.2, 0.25) is 5.91 Å². The first-order valence-electron chi connectivity index (χ1n) is 13.4. The van der Waals surface area contributed by atoms with Gasteiger partial charge in [-0.05, 0) is 44.0 Å². The van der Waals surface area contributed by atoms with E-state index in [1.54, 1.807) is 24.4 Å². The molecule has 1 aliphatic rings. The van der Waals surface area contributed by atoms with Crippen LogP contribution in [0.15, 0.2) is 54.9 Å². The van der Waals surface area contributed by atoms with Gasteiger partial charge in [0.25, 0.3) is 5.91 Å². The molecule has 0 bridgehead atoms. The number of rotatable bonds is 3.